The summed E-state index contributed by atoms with van der Waals surface area (Å²) in [6, 6.07) is 4.04. The van der Waals surface area contributed by atoms with E-state index in [0.717, 1.165) is 18.3 Å². The van der Waals surface area contributed by atoms with Crippen molar-refractivity contribution in [3.63, 3.8) is 0 Å². The minimum Gasteiger partial charge on any atom is -0.491 e. The van der Waals surface area contributed by atoms with Crippen LogP contribution in [-0.2, 0) is 11.0 Å². The second-order valence-electron chi connectivity index (χ2n) is 3.43. The van der Waals surface area contributed by atoms with Gasteiger partial charge in [0.1, 0.15) is 18.4 Å². The number of hydrogen-bond donors (Lipinski definition) is 2. The topological polar surface area (TPSA) is 54.3 Å². The molecule has 18 heavy (non-hydrogen) atoms. The third kappa shape index (κ3) is 4.34. The van der Waals surface area contributed by atoms with Gasteiger partial charge in [0.05, 0.1) is 12.7 Å². The number of rotatable bonds is 6. The fourth-order valence-electron chi connectivity index (χ4n) is 1.22. The van der Waals surface area contributed by atoms with E-state index in [-0.39, 0.29) is 12.4 Å². The monoisotopic (exact) mass is 262 g/mol. The Morgan fingerprint density at radius 1 is 1.44 bits per heavy atom. The third-order valence-corrected chi connectivity index (χ3v) is 2.06. The van der Waals surface area contributed by atoms with Gasteiger partial charge in [0.25, 0.3) is 0 Å². The van der Waals surface area contributed by atoms with Gasteiger partial charge in [-0.3, -0.25) is 0 Å². The Hall–Kier alpha value is -1.60. The Bertz CT molecular complexity index is 396. The summed E-state index contributed by atoms with van der Waals surface area (Å²) < 4.78 is 42.4. The van der Waals surface area contributed by atoms with Crippen LogP contribution in [0, 0.1) is 5.41 Å². The van der Waals surface area contributed by atoms with E-state index in [9.17, 15) is 13.2 Å². The van der Waals surface area contributed by atoms with Crippen LogP contribution >= 0.6 is 0 Å². The summed E-state index contributed by atoms with van der Waals surface area (Å²) in [7, 11) is 1.38. The van der Waals surface area contributed by atoms with Crippen LogP contribution in [-0.4, -0.2) is 26.0 Å². The van der Waals surface area contributed by atoms with Crippen molar-refractivity contribution < 1.29 is 22.7 Å². The van der Waals surface area contributed by atoms with Gasteiger partial charge in [0.2, 0.25) is 0 Å². The van der Waals surface area contributed by atoms with E-state index in [1.54, 1.807) is 0 Å². The zero-order valence-corrected chi connectivity index (χ0v) is 9.62. The third-order valence-electron chi connectivity index (χ3n) is 2.06. The van der Waals surface area contributed by atoms with Crippen molar-refractivity contribution in [2.45, 2.75) is 12.2 Å². The summed E-state index contributed by atoms with van der Waals surface area (Å²) in [4.78, 5) is 4.60. The maximum atomic E-state index is 12.4. The van der Waals surface area contributed by atoms with Crippen molar-refractivity contribution >= 4 is 6.21 Å². The van der Waals surface area contributed by atoms with E-state index in [2.05, 4.69) is 10.3 Å². The molecule has 0 saturated heterocycles. The number of hydrogen-bond acceptors (Lipinski definition) is 4. The van der Waals surface area contributed by atoms with Crippen molar-refractivity contribution in [2.75, 3.05) is 13.7 Å². The minimum absolute atomic E-state index is 0.00134. The molecule has 2 N–H and O–H groups in total. The molecule has 7 heteroatoms. The highest BCUT2D eigenvalue weighted by Gasteiger charge is 2.30. The van der Waals surface area contributed by atoms with Crippen molar-refractivity contribution in [3.8, 4) is 5.75 Å². The van der Waals surface area contributed by atoms with Gasteiger partial charge in [0, 0.05) is 6.21 Å². The van der Waals surface area contributed by atoms with Gasteiger partial charge in [0.15, 0.2) is 0 Å². The van der Waals surface area contributed by atoms with Gasteiger partial charge in [-0.15, -0.1) is 0 Å². The molecule has 0 bridgehead atoms. The number of hydroxylamine groups is 1. The van der Waals surface area contributed by atoms with Gasteiger partial charge in [-0.2, -0.15) is 18.7 Å². The number of alkyl halides is 3. The fourth-order valence-corrected chi connectivity index (χ4v) is 1.22. The number of halogens is 3. The van der Waals surface area contributed by atoms with Crippen LogP contribution in [0.5, 0.6) is 5.75 Å². The lowest BCUT2D eigenvalue weighted by Gasteiger charge is -2.14. The van der Waals surface area contributed by atoms with Crippen LogP contribution < -0.4 is 10.2 Å². The molecule has 1 aromatic carbocycles. The highest BCUT2D eigenvalue weighted by molar-refractivity contribution is 5.60. The van der Waals surface area contributed by atoms with E-state index >= 15 is 0 Å². The van der Waals surface area contributed by atoms with Crippen LogP contribution in [0.1, 0.15) is 5.56 Å². The Labute approximate surface area is 102 Å². The molecule has 1 unspecified atom stereocenters. The van der Waals surface area contributed by atoms with Crippen molar-refractivity contribution in [2.24, 2.45) is 0 Å². The molecule has 0 aliphatic rings. The van der Waals surface area contributed by atoms with Crippen LogP contribution in [0.25, 0.3) is 0 Å². The molecule has 0 saturated carbocycles. The molecule has 1 aromatic rings. The summed E-state index contributed by atoms with van der Waals surface area (Å²) in [5, 5.41) is 7.04. The highest BCUT2D eigenvalue weighted by Crippen LogP contribution is 2.31. The lowest BCUT2D eigenvalue weighted by Crippen LogP contribution is -2.35. The first-order valence-corrected chi connectivity index (χ1v) is 5.06. The standard InChI is InChI=1S/C11H13F3N2O2/c1-17-16-9(6-15)7-18-10-4-2-3-8(5-10)11(12,13)14/h2-6,9,15-16H,7H2,1H3. The highest BCUT2D eigenvalue weighted by atomic mass is 19.4. The van der Waals surface area contributed by atoms with E-state index < -0.39 is 17.8 Å². The summed E-state index contributed by atoms with van der Waals surface area (Å²) in [5.41, 5.74) is 1.68. The summed E-state index contributed by atoms with van der Waals surface area (Å²) in [6.07, 6.45) is -3.36. The zero-order chi connectivity index (χ0) is 13.6. The predicted molar refractivity (Wildman–Crippen MR) is 59.7 cm³/mol. The number of benzene rings is 1. The van der Waals surface area contributed by atoms with Crippen LogP contribution in [0.15, 0.2) is 24.3 Å². The van der Waals surface area contributed by atoms with Gasteiger partial charge in [-0.05, 0) is 18.2 Å². The Morgan fingerprint density at radius 2 is 2.17 bits per heavy atom. The number of ether oxygens (including phenoxy) is 1. The molecule has 4 nitrogen and oxygen atoms in total. The largest absolute Gasteiger partial charge is 0.491 e. The molecule has 0 spiro atoms. The quantitative estimate of drug-likeness (QED) is 0.610. The maximum absolute atomic E-state index is 12.4. The molecule has 1 atom stereocenters. The van der Waals surface area contributed by atoms with Crippen LogP contribution in [0.3, 0.4) is 0 Å². The molecule has 0 heterocycles. The molecule has 100 valence electrons. The normalized spacial score (nSPS) is 13.1. The van der Waals surface area contributed by atoms with Gasteiger partial charge < -0.3 is 15.0 Å². The lowest BCUT2D eigenvalue weighted by atomic mass is 10.2. The van der Waals surface area contributed by atoms with Gasteiger partial charge >= 0.3 is 6.18 Å². The molecule has 0 fully saturated rings. The average molecular weight is 262 g/mol. The maximum Gasteiger partial charge on any atom is 0.416 e. The number of nitrogens with one attached hydrogen (secondary N) is 2. The van der Waals surface area contributed by atoms with E-state index in [1.165, 1.54) is 19.2 Å². The lowest BCUT2D eigenvalue weighted by molar-refractivity contribution is -0.137. The van der Waals surface area contributed by atoms with Crippen LogP contribution in [0.4, 0.5) is 13.2 Å². The molecule has 0 radical (unpaired) electrons. The van der Waals surface area contributed by atoms with Crippen molar-refractivity contribution in [1.82, 2.24) is 5.48 Å². The Morgan fingerprint density at radius 3 is 2.72 bits per heavy atom. The Balaban J connectivity index is 2.65. The molecule has 0 aromatic heterocycles. The average Bonchev–Trinajstić information content (AvgIpc) is 2.34. The minimum atomic E-state index is -4.40. The van der Waals surface area contributed by atoms with Crippen molar-refractivity contribution in [3.05, 3.63) is 29.8 Å². The van der Waals surface area contributed by atoms with Crippen LogP contribution in [0.2, 0.25) is 0 Å². The first kappa shape index (κ1) is 14.5. The van der Waals surface area contributed by atoms with Gasteiger partial charge in [-0.25, -0.2) is 0 Å². The smallest absolute Gasteiger partial charge is 0.416 e. The summed E-state index contributed by atoms with van der Waals surface area (Å²) in [6.45, 7) is -0.00134. The molecule has 0 amide bonds. The Kier molecular flexibility index (Phi) is 5.11. The molecule has 1 rings (SSSR count). The fraction of sp³-hybridized carbons (Fsp3) is 0.364. The second kappa shape index (κ2) is 6.36. The first-order valence-electron chi connectivity index (χ1n) is 5.06. The summed E-state index contributed by atoms with van der Waals surface area (Å²) in [5.74, 6) is 0.0922. The predicted octanol–water partition coefficient (Wildman–Crippen LogP) is 2.25. The first-order chi connectivity index (χ1) is 8.47. The molecule has 0 aliphatic carbocycles. The van der Waals surface area contributed by atoms with E-state index in [0.29, 0.717) is 0 Å². The van der Waals surface area contributed by atoms with Gasteiger partial charge in [-0.1, -0.05) is 6.07 Å². The van der Waals surface area contributed by atoms with E-state index in [1.807, 2.05) is 0 Å². The van der Waals surface area contributed by atoms with Crippen molar-refractivity contribution in [1.29, 1.82) is 5.41 Å². The second-order valence-corrected chi connectivity index (χ2v) is 3.43. The zero-order valence-electron chi connectivity index (χ0n) is 9.62. The molecular weight excluding hydrogens is 249 g/mol. The van der Waals surface area contributed by atoms with E-state index in [4.69, 9.17) is 10.1 Å². The molecular formula is C11H13F3N2O2. The summed E-state index contributed by atoms with van der Waals surface area (Å²) >= 11 is 0. The SMILES string of the molecule is CONC(C=N)COc1cccc(C(F)(F)F)c1. The molecule has 0 aliphatic heterocycles.